The molecular weight excluding hydrogens is 239 g/mol. The highest BCUT2D eigenvalue weighted by Gasteiger charge is 2.17. The Morgan fingerprint density at radius 2 is 1.93 bits per heavy atom. The SMILES string of the molecule is COC(Cc1cc(Cl)cc(Cl)c1)C(=O)O. The highest BCUT2D eigenvalue weighted by Crippen LogP contribution is 2.20. The molecule has 1 N–H and O–H groups in total. The Morgan fingerprint density at radius 1 is 1.40 bits per heavy atom. The average Bonchev–Trinajstić information content (AvgIpc) is 2.12. The van der Waals surface area contributed by atoms with Gasteiger partial charge in [-0.25, -0.2) is 4.79 Å². The molecule has 0 aliphatic rings. The molecule has 1 unspecified atom stereocenters. The summed E-state index contributed by atoms with van der Waals surface area (Å²) in [5.74, 6) is -1.01. The third-order valence-corrected chi connectivity index (χ3v) is 2.34. The minimum Gasteiger partial charge on any atom is -0.479 e. The van der Waals surface area contributed by atoms with E-state index in [1.165, 1.54) is 7.11 Å². The van der Waals surface area contributed by atoms with Gasteiger partial charge in [-0.1, -0.05) is 23.2 Å². The van der Waals surface area contributed by atoms with Gasteiger partial charge < -0.3 is 9.84 Å². The largest absolute Gasteiger partial charge is 0.479 e. The third-order valence-electron chi connectivity index (χ3n) is 1.90. The minimum absolute atomic E-state index is 0.242. The van der Waals surface area contributed by atoms with Crippen LogP contribution in [0, 0.1) is 0 Å². The van der Waals surface area contributed by atoms with Crippen molar-refractivity contribution in [3.8, 4) is 0 Å². The molecule has 1 rings (SSSR count). The van der Waals surface area contributed by atoms with Gasteiger partial charge in [0, 0.05) is 23.6 Å². The second kappa shape index (κ2) is 5.35. The first-order valence-electron chi connectivity index (χ1n) is 4.23. The third kappa shape index (κ3) is 3.70. The van der Waals surface area contributed by atoms with Crippen LogP contribution >= 0.6 is 23.2 Å². The number of carboxylic acids is 1. The number of rotatable bonds is 4. The zero-order chi connectivity index (χ0) is 11.4. The molecule has 0 aliphatic carbocycles. The number of ether oxygens (including phenoxy) is 1. The molecule has 0 heterocycles. The van der Waals surface area contributed by atoms with Crippen LogP contribution in [0.2, 0.25) is 10.0 Å². The van der Waals surface area contributed by atoms with Gasteiger partial charge in [0.15, 0.2) is 6.10 Å². The highest BCUT2D eigenvalue weighted by atomic mass is 35.5. The highest BCUT2D eigenvalue weighted by molar-refractivity contribution is 6.34. The fourth-order valence-electron chi connectivity index (χ4n) is 1.21. The van der Waals surface area contributed by atoms with Crippen LogP contribution in [0.1, 0.15) is 5.56 Å². The minimum atomic E-state index is -1.01. The maximum atomic E-state index is 10.7. The Bertz CT molecular complexity index is 345. The normalized spacial score (nSPS) is 12.5. The van der Waals surface area contributed by atoms with Gasteiger partial charge >= 0.3 is 5.97 Å². The van der Waals surface area contributed by atoms with Gasteiger partial charge in [0.1, 0.15) is 0 Å². The molecule has 0 aliphatic heterocycles. The number of benzene rings is 1. The van der Waals surface area contributed by atoms with E-state index in [4.69, 9.17) is 33.0 Å². The summed E-state index contributed by atoms with van der Waals surface area (Å²) in [4.78, 5) is 10.7. The first-order valence-corrected chi connectivity index (χ1v) is 4.99. The molecule has 5 heteroatoms. The predicted octanol–water partition coefficient (Wildman–Crippen LogP) is 2.64. The molecule has 82 valence electrons. The Labute approximate surface area is 97.6 Å². The number of hydrogen-bond acceptors (Lipinski definition) is 2. The van der Waals surface area contributed by atoms with Crippen LogP contribution in [-0.4, -0.2) is 24.3 Å². The summed E-state index contributed by atoms with van der Waals surface area (Å²) in [7, 11) is 1.35. The van der Waals surface area contributed by atoms with Crippen molar-refractivity contribution in [2.45, 2.75) is 12.5 Å². The summed E-state index contributed by atoms with van der Waals surface area (Å²) in [5.41, 5.74) is 0.738. The Balaban J connectivity index is 2.83. The quantitative estimate of drug-likeness (QED) is 0.892. The zero-order valence-corrected chi connectivity index (χ0v) is 9.55. The first kappa shape index (κ1) is 12.3. The average molecular weight is 249 g/mol. The van der Waals surface area contributed by atoms with E-state index in [-0.39, 0.29) is 6.42 Å². The maximum Gasteiger partial charge on any atom is 0.333 e. The molecule has 3 nitrogen and oxygen atoms in total. The van der Waals surface area contributed by atoms with Crippen LogP contribution in [-0.2, 0) is 16.0 Å². The van der Waals surface area contributed by atoms with E-state index < -0.39 is 12.1 Å². The van der Waals surface area contributed by atoms with E-state index in [0.717, 1.165) is 5.56 Å². The fraction of sp³-hybridized carbons (Fsp3) is 0.300. The monoisotopic (exact) mass is 248 g/mol. The van der Waals surface area contributed by atoms with Gasteiger partial charge in [0.25, 0.3) is 0 Å². The van der Waals surface area contributed by atoms with Crippen LogP contribution in [0.25, 0.3) is 0 Å². The van der Waals surface area contributed by atoms with Gasteiger partial charge in [-0.05, 0) is 23.8 Å². The predicted molar refractivity (Wildman–Crippen MR) is 58.6 cm³/mol. The van der Waals surface area contributed by atoms with Crippen LogP contribution in [0.3, 0.4) is 0 Å². The zero-order valence-electron chi connectivity index (χ0n) is 8.04. The van der Waals surface area contributed by atoms with E-state index in [1.54, 1.807) is 18.2 Å². The molecule has 0 amide bonds. The number of hydrogen-bond donors (Lipinski definition) is 1. The lowest BCUT2D eigenvalue weighted by Crippen LogP contribution is -2.24. The van der Waals surface area contributed by atoms with E-state index in [2.05, 4.69) is 0 Å². The molecular formula is C10H10Cl2O3. The second-order valence-corrected chi connectivity index (χ2v) is 3.92. The van der Waals surface area contributed by atoms with E-state index in [1.807, 2.05) is 0 Å². The van der Waals surface area contributed by atoms with Crippen molar-refractivity contribution in [2.75, 3.05) is 7.11 Å². The molecule has 0 aromatic heterocycles. The van der Waals surface area contributed by atoms with E-state index in [0.29, 0.717) is 10.0 Å². The smallest absolute Gasteiger partial charge is 0.333 e. The van der Waals surface area contributed by atoms with E-state index >= 15 is 0 Å². The van der Waals surface area contributed by atoms with Crippen molar-refractivity contribution in [3.63, 3.8) is 0 Å². The van der Waals surface area contributed by atoms with Gasteiger partial charge in [0.05, 0.1) is 0 Å². The topological polar surface area (TPSA) is 46.5 Å². The first-order chi connectivity index (χ1) is 7.02. The van der Waals surface area contributed by atoms with Crippen molar-refractivity contribution >= 4 is 29.2 Å². The summed E-state index contributed by atoms with van der Waals surface area (Å²) in [6.07, 6.45) is -0.633. The second-order valence-electron chi connectivity index (χ2n) is 3.04. The molecule has 0 fully saturated rings. The molecule has 0 bridgehead atoms. The standard InChI is InChI=1S/C10H10Cl2O3/c1-15-9(10(13)14)4-6-2-7(11)5-8(12)3-6/h2-3,5,9H,4H2,1H3,(H,13,14). The Kier molecular flexibility index (Phi) is 4.39. The molecule has 0 radical (unpaired) electrons. The molecule has 1 aromatic carbocycles. The van der Waals surface area contributed by atoms with E-state index in [9.17, 15) is 4.79 Å². The maximum absolute atomic E-state index is 10.7. The summed E-state index contributed by atoms with van der Waals surface area (Å²) in [6.45, 7) is 0. The fourth-order valence-corrected chi connectivity index (χ4v) is 1.79. The molecule has 15 heavy (non-hydrogen) atoms. The summed E-state index contributed by atoms with van der Waals surface area (Å²) in [5, 5.41) is 9.75. The number of carbonyl (C=O) groups is 1. The van der Waals surface area contributed by atoms with Crippen molar-refractivity contribution in [1.82, 2.24) is 0 Å². The van der Waals surface area contributed by atoms with Gasteiger partial charge in [-0.3, -0.25) is 0 Å². The lowest BCUT2D eigenvalue weighted by Gasteiger charge is -2.10. The number of carboxylic acid groups (broad SMARTS) is 1. The van der Waals surface area contributed by atoms with Crippen molar-refractivity contribution in [2.24, 2.45) is 0 Å². The molecule has 0 saturated heterocycles. The molecule has 1 atom stereocenters. The van der Waals surface area contributed by atoms with Crippen LogP contribution < -0.4 is 0 Å². The van der Waals surface area contributed by atoms with Gasteiger partial charge in [-0.15, -0.1) is 0 Å². The summed E-state index contributed by atoms with van der Waals surface area (Å²) >= 11 is 11.6. The number of halogens is 2. The van der Waals surface area contributed by atoms with Crippen molar-refractivity contribution < 1.29 is 14.6 Å². The van der Waals surface area contributed by atoms with Crippen molar-refractivity contribution in [1.29, 1.82) is 0 Å². The van der Waals surface area contributed by atoms with Gasteiger partial charge in [0.2, 0.25) is 0 Å². The Morgan fingerprint density at radius 3 is 2.33 bits per heavy atom. The number of aliphatic carboxylic acids is 1. The number of methoxy groups -OCH3 is 1. The molecule has 0 spiro atoms. The lowest BCUT2D eigenvalue weighted by atomic mass is 10.1. The summed E-state index contributed by atoms with van der Waals surface area (Å²) < 4.78 is 4.81. The van der Waals surface area contributed by atoms with Gasteiger partial charge in [-0.2, -0.15) is 0 Å². The summed E-state index contributed by atoms with van der Waals surface area (Å²) in [6, 6.07) is 4.93. The van der Waals surface area contributed by atoms with Crippen LogP contribution in [0.15, 0.2) is 18.2 Å². The van der Waals surface area contributed by atoms with Crippen LogP contribution in [0.4, 0.5) is 0 Å². The molecule has 0 saturated carbocycles. The van der Waals surface area contributed by atoms with Crippen molar-refractivity contribution in [3.05, 3.63) is 33.8 Å². The van der Waals surface area contributed by atoms with Crippen LogP contribution in [0.5, 0.6) is 0 Å². The lowest BCUT2D eigenvalue weighted by molar-refractivity contribution is -0.148. The molecule has 1 aromatic rings. The Hall–Kier alpha value is -0.770.